The van der Waals surface area contributed by atoms with Gasteiger partial charge in [0.15, 0.2) is 0 Å². The van der Waals surface area contributed by atoms with Crippen molar-refractivity contribution in [2.24, 2.45) is 0 Å². The van der Waals surface area contributed by atoms with Gasteiger partial charge in [0.05, 0.1) is 13.2 Å². The van der Waals surface area contributed by atoms with Gasteiger partial charge in [0, 0.05) is 24.3 Å². The van der Waals surface area contributed by atoms with Crippen LogP contribution in [0.5, 0.6) is 0 Å². The van der Waals surface area contributed by atoms with E-state index in [9.17, 15) is 9.59 Å². The number of nitrogens with two attached hydrogens (primary N) is 1. The van der Waals surface area contributed by atoms with E-state index in [1.54, 1.807) is 23.1 Å². The first kappa shape index (κ1) is 14.2. The second-order valence-corrected chi connectivity index (χ2v) is 4.95. The third-order valence-electron chi connectivity index (χ3n) is 3.46. The van der Waals surface area contributed by atoms with Crippen molar-refractivity contribution in [3.8, 4) is 0 Å². The number of likely N-dealkylation sites (tertiary alicyclic amines) is 1. The molecule has 1 fully saturated rings. The first-order valence-electron chi connectivity index (χ1n) is 6.51. The molecule has 1 aromatic rings. The highest BCUT2D eigenvalue weighted by atomic mass is 16.5. The van der Waals surface area contributed by atoms with Gasteiger partial charge in [-0.25, -0.2) is 4.79 Å². The number of hydrogen-bond acceptors (Lipinski definition) is 4. The van der Waals surface area contributed by atoms with Crippen molar-refractivity contribution in [1.29, 1.82) is 0 Å². The summed E-state index contributed by atoms with van der Waals surface area (Å²) < 4.78 is 4.56. The molecule has 6 heteroatoms. The molecule has 1 aromatic carbocycles. The monoisotopic (exact) mass is 277 g/mol. The molecular formula is C14H19N3O3. The summed E-state index contributed by atoms with van der Waals surface area (Å²) in [5.41, 5.74) is 7.84. The number of benzene rings is 1. The summed E-state index contributed by atoms with van der Waals surface area (Å²) >= 11 is 0. The predicted molar refractivity (Wildman–Crippen MR) is 75.4 cm³/mol. The molecule has 2 amide bonds. The Morgan fingerprint density at radius 1 is 1.45 bits per heavy atom. The molecule has 0 bridgehead atoms. The number of nitrogens with one attached hydrogen (secondary N) is 1. The van der Waals surface area contributed by atoms with Crippen LogP contribution in [0.2, 0.25) is 0 Å². The standard InChI is InChI=1S/C14H19N3O3/c1-9-7-10(15)3-4-12(9)13(18)17-6-5-11(8-17)16-14(19)20-2/h3-4,7,11H,5-6,8,15H2,1-2H3,(H,16,19). The second kappa shape index (κ2) is 5.81. The SMILES string of the molecule is COC(=O)NC1CCN(C(=O)c2ccc(N)cc2C)C1. The lowest BCUT2D eigenvalue weighted by Gasteiger charge is -2.18. The number of anilines is 1. The van der Waals surface area contributed by atoms with E-state index in [4.69, 9.17) is 5.73 Å². The topological polar surface area (TPSA) is 84.7 Å². The number of alkyl carbamates (subject to hydrolysis) is 1. The van der Waals surface area contributed by atoms with Crippen LogP contribution in [-0.2, 0) is 4.74 Å². The maximum absolute atomic E-state index is 12.4. The van der Waals surface area contributed by atoms with Crippen LogP contribution >= 0.6 is 0 Å². The minimum absolute atomic E-state index is 0.0309. The van der Waals surface area contributed by atoms with Crippen LogP contribution < -0.4 is 11.1 Å². The first-order valence-corrected chi connectivity index (χ1v) is 6.51. The smallest absolute Gasteiger partial charge is 0.407 e. The van der Waals surface area contributed by atoms with Crippen molar-refractivity contribution < 1.29 is 14.3 Å². The second-order valence-electron chi connectivity index (χ2n) is 4.95. The minimum Gasteiger partial charge on any atom is -0.453 e. The average Bonchev–Trinajstić information content (AvgIpc) is 2.86. The van der Waals surface area contributed by atoms with Gasteiger partial charge >= 0.3 is 6.09 Å². The Bertz CT molecular complexity index is 530. The Hall–Kier alpha value is -2.24. The molecule has 0 aliphatic carbocycles. The van der Waals surface area contributed by atoms with Gasteiger partial charge < -0.3 is 20.7 Å². The number of aryl methyl sites for hydroxylation is 1. The summed E-state index contributed by atoms with van der Waals surface area (Å²) in [6.45, 7) is 2.99. The molecule has 0 radical (unpaired) electrons. The number of nitrogens with zero attached hydrogens (tertiary/aromatic N) is 1. The summed E-state index contributed by atoms with van der Waals surface area (Å²) in [7, 11) is 1.32. The molecule has 1 saturated heterocycles. The van der Waals surface area contributed by atoms with E-state index in [2.05, 4.69) is 10.1 Å². The number of nitrogen functional groups attached to an aromatic ring is 1. The number of rotatable bonds is 2. The summed E-state index contributed by atoms with van der Waals surface area (Å²) in [6, 6.07) is 5.20. The van der Waals surface area contributed by atoms with Crippen molar-refractivity contribution in [3.05, 3.63) is 29.3 Å². The molecular weight excluding hydrogens is 258 g/mol. The zero-order valence-corrected chi connectivity index (χ0v) is 11.7. The maximum Gasteiger partial charge on any atom is 0.407 e. The molecule has 1 heterocycles. The predicted octanol–water partition coefficient (Wildman–Crippen LogP) is 1.15. The molecule has 1 atom stereocenters. The number of carbonyl (C=O) groups is 2. The Morgan fingerprint density at radius 2 is 2.20 bits per heavy atom. The van der Waals surface area contributed by atoms with Gasteiger partial charge in [-0.15, -0.1) is 0 Å². The molecule has 2 rings (SSSR count). The number of amides is 2. The molecule has 0 aromatic heterocycles. The van der Waals surface area contributed by atoms with Crippen molar-refractivity contribution in [3.63, 3.8) is 0 Å². The quantitative estimate of drug-likeness (QED) is 0.794. The van der Waals surface area contributed by atoms with Gasteiger partial charge in [-0.05, 0) is 37.1 Å². The zero-order chi connectivity index (χ0) is 14.7. The van der Waals surface area contributed by atoms with E-state index < -0.39 is 6.09 Å². The Morgan fingerprint density at radius 3 is 2.85 bits per heavy atom. The van der Waals surface area contributed by atoms with Gasteiger partial charge in [0.1, 0.15) is 0 Å². The molecule has 0 saturated carbocycles. The van der Waals surface area contributed by atoms with Gasteiger partial charge in [-0.1, -0.05) is 0 Å². The fraction of sp³-hybridized carbons (Fsp3) is 0.429. The Labute approximate surface area is 117 Å². The van der Waals surface area contributed by atoms with E-state index in [0.717, 1.165) is 12.0 Å². The van der Waals surface area contributed by atoms with E-state index in [1.165, 1.54) is 7.11 Å². The number of hydrogen-bond donors (Lipinski definition) is 2. The fourth-order valence-corrected chi connectivity index (χ4v) is 2.39. The lowest BCUT2D eigenvalue weighted by molar-refractivity contribution is 0.0787. The first-order chi connectivity index (χ1) is 9.51. The van der Waals surface area contributed by atoms with Gasteiger partial charge in [-0.3, -0.25) is 4.79 Å². The molecule has 1 aliphatic rings. The highest BCUT2D eigenvalue weighted by Crippen LogP contribution is 2.18. The van der Waals surface area contributed by atoms with E-state index in [-0.39, 0.29) is 11.9 Å². The van der Waals surface area contributed by atoms with Gasteiger partial charge in [0.25, 0.3) is 5.91 Å². The molecule has 3 N–H and O–H groups in total. The maximum atomic E-state index is 12.4. The summed E-state index contributed by atoms with van der Waals surface area (Å²) in [6.07, 6.45) is 0.266. The largest absolute Gasteiger partial charge is 0.453 e. The van der Waals surface area contributed by atoms with Gasteiger partial charge in [-0.2, -0.15) is 0 Å². The van der Waals surface area contributed by atoms with Crippen LogP contribution in [0.3, 0.4) is 0 Å². The summed E-state index contributed by atoms with van der Waals surface area (Å²) in [5.74, 6) is -0.0309. The van der Waals surface area contributed by atoms with Crippen LogP contribution in [-0.4, -0.2) is 43.1 Å². The highest BCUT2D eigenvalue weighted by molar-refractivity contribution is 5.96. The lowest BCUT2D eigenvalue weighted by atomic mass is 10.1. The van der Waals surface area contributed by atoms with Crippen LogP contribution in [0.15, 0.2) is 18.2 Å². The van der Waals surface area contributed by atoms with Crippen LogP contribution in [0.1, 0.15) is 22.3 Å². The molecule has 1 aliphatic heterocycles. The summed E-state index contributed by atoms with van der Waals surface area (Å²) in [5, 5.41) is 2.71. The molecule has 108 valence electrons. The van der Waals surface area contributed by atoms with Crippen LogP contribution in [0, 0.1) is 6.92 Å². The molecule has 6 nitrogen and oxygen atoms in total. The molecule has 1 unspecified atom stereocenters. The fourth-order valence-electron chi connectivity index (χ4n) is 2.39. The van der Waals surface area contributed by atoms with Gasteiger partial charge in [0.2, 0.25) is 0 Å². The molecule has 0 spiro atoms. The Balaban J connectivity index is 2.02. The number of methoxy groups -OCH3 is 1. The normalized spacial score (nSPS) is 17.9. The van der Waals surface area contributed by atoms with Crippen LogP contribution in [0.25, 0.3) is 0 Å². The van der Waals surface area contributed by atoms with E-state index in [1.807, 2.05) is 6.92 Å². The lowest BCUT2D eigenvalue weighted by Crippen LogP contribution is -2.38. The van der Waals surface area contributed by atoms with E-state index >= 15 is 0 Å². The molecule has 20 heavy (non-hydrogen) atoms. The average molecular weight is 277 g/mol. The number of carbonyl (C=O) groups excluding carboxylic acids is 2. The van der Waals surface area contributed by atoms with Crippen molar-refractivity contribution >= 4 is 17.7 Å². The summed E-state index contributed by atoms with van der Waals surface area (Å²) in [4.78, 5) is 25.3. The highest BCUT2D eigenvalue weighted by Gasteiger charge is 2.28. The number of ether oxygens (including phenoxy) is 1. The van der Waals surface area contributed by atoms with Crippen molar-refractivity contribution in [2.75, 3.05) is 25.9 Å². The Kier molecular flexibility index (Phi) is 4.12. The van der Waals surface area contributed by atoms with Crippen molar-refractivity contribution in [1.82, 2.24) is 10.2 Å². The van der Waals surface area contributed by atoms with Crippen LogP contribution in [0.4, 0.5) is 10.5 Å². The zero-order valence-electron chi connectivity index (χ0n) is 11.7. The minimum atomic E-state index is -0.465. The van der Waals surface area contributed by atoms with E-state index in [0.29, 0.717) is 24.3 Å². The third kappa shape index (κ3) is 3.01. The third-order valence-corrected chi connectivity index (χ3v) is 3.46. The van der Waals surface area contributed by atoms with Crippen molar-refractivity contribution in [2.45, 2.75) is 19.4 Å².